The summed E-state index contributed by atoms with van der Waals surface area (Å²) >= 11 is 1.55. The Morgan fingerprint density at radius 3 is 2.58 bits per heavy atom. The van der Waals surface area contributed by atoms with Gasteiger partial charge >= 0.3 is 0 Å². The van der Waals surface area contributed by atoms with Crippen LogP contribution in [0.4, 0.5) is 5.69 Å². The molecule has 1 N–H and O–H groups in total. The lowest BCUT2D eigenvalue weighted by molar-refractivity contribution is -0.115. The van der Waals surface area contributed by atoms with Crippen molar-refractivity contribution in [3.8, 4) is 11.5 Å². The van der Waals surface area contributed by atoms with E-state index in [0.717, 1.165) is 33.5 Å². The van der Waals surface area contributed by atoms with E-state index < -0.39 is 0 Å². The average Bonchev–Trinajstić information content (AvgIpc) is 2.94. The Labute approximate surface area is 145 Å². The Bertz CT molecular complexity index is 841. The number of nitrogens with one attached hydrogen (secondary N) is 1. The molecule has 3 aromatic rings. The van der Waals surface area contributed by atoms with Crippen LogP contribution in [0.15, 0.2) is 53.9 Å². The van der Waals surface area contributed by atoms with Gasteiger partial charge in [-0.15, -0.1) is 11.3 Å². The number of aryl methyl sites for hydroxylation is 2. The fourth-order valence-electron chi connectivity index (χ4n) is 2.28. The molecule has 3 rings (SSSR count). The Balaban J connectivity index is 1.59. The van der Waals surface area contributed by atoms with E-state index >= 15 is 0 Å². The Morgan fingerprint density at radius 2 is 1.92 bits per heavy atom. The van der Waals surface area contributed by atoms with Crippen molar-refractivity contribution >= 4 is 22.9 Å². The van der Waals surface area contributed by atoms with E-state index in [1.165, 1.54) is 0 Å². The lowest BCUT2D eigenvalue weighted by Gasteiger charge is -2.08. The number of anilines is 1. The summed E-state index contributed by atoms with van der Waals surface area (Å²) in [6.07, 6.45) is 0.284. The van der Waals surface area contributed by atoms with Gasteiger partial charge in [-0.1, -0.05) is 12.1 Å². The van der Waals surface area contributed by atoms with E-state index in [4.69, 9.17) is 4.74 Å². The zero-order chi connectivity index (χ0) is 16.9. The number of benzene rings is 2. The molecule has 0 atom stereocenters. The Morgan fingerprint density at radius 1 is 1.12 bits per heavy atom. The van der Waals surface area contributed by atoms with Crippen LogP contribution in [0.1, 0.15) is 16.3 Å². The highest BCUT2D eigenvalue weighted by Gasteiger charge is 2.07. The van der Waals surface area contributed by atoms with Gasteiger partial charge in [0, 0.05) is 11.1 Å². The second-order valence-corrected chi connectivity index (χ2v) is 6.59. The van der Waals surface area contributed by atoms with Crippen molar-refractivity contribution in [2.75, 3.05) is 5.32 Å². The van der Waals surface area contributed by atoms with Crippen LogP contribution in [-0.4, -0.2) is 10.9 Å². The third kappa shape index (κ3) is 4.43. The number of rotatable bonds is 5. The van der Waals surface area contributed by atoms with E-state index in [0.29, 0.717) is 0 Å². The van der Waals surface area contributed by atoms with Crippen molar-refractivity contribution < 1.29 is 9.53 Å². The zero-order valence-corrected chi connectivity index (χ0v) is 14.4. The molecule has 0 spiro atoms. The highest BCUT2D eigenvalue weighted by atomic mass is 32.1. The molecule has 1 amide bonds. The Hall–Kier alpha value is -2.66. The lowest BCUT2D eigenvalue weighted by atomic mass is 10.2. The third-order valence-corrected chi connectivity index (χ3v) is 4.19. The fourth-order valence-corrected chi connectivity index (χ4v) is 2.89. The van der Waals surface area contributed by atoms with Gasteiger partial charge in [0.05, 0.1) is 17.1 Å². The van der Waals surface area contributed by atoms with Crippen LogP contribution in [0.5, 0.6) is 11.5 Å². The first-order chi connectivity index (χ1) is 11.6. The molecule has 1 aromatic heterocycles. The highest BCUT2D eigenvalue weighted by molar-refractivity contribution is 7.09. The maximum absolute atomic E-state index is 12.0. The molecule has 5 heteroatoms. The number of hydrogen-bond donors (Lipinski definition) is 1. The quantitative estimate of drug-likeness (QED) is 0.731. The number of carbonyl (C=O) groups excluding carboxylic acids is 1. The summed E-state index contributed by atoms with van der Waals surface area (Å²) in [7, 11) is 0. The van der Waals surface area contributed by atoms with Crippen molar-refractivity contribution in [1.29, 1.82) is 0 Å². The van der Waals surface area contributed by atoms with Crippen molar-refractivity contribution in [3.05, 3.63) is 70.2 Å². The number of carbonyl (C=O) groups is 1. The molecule has 0 aliphatic heterocycles. The van der Waals surface area contributed by atoms with Gasteiger partial charge in [-0.2, -0.15) is 0 Å². The summed E-state index contributed by atoms with van der Waals surface area (Å²) in [5.74, 6) is 1.45. The molecule has 2 aromatic carbocycles. The minimum atomic E-state index is -0.0762. The first-order valence-corrected chi connectivity index (χ1v) is 8.52. The van der Waals surface area contributed by atoms with Gasteiger partial charge in [0.1, 0.15) is 11.5 Å². The number of ether oxygens (including phenoxy) is 1. The summed E-state index contributed by atoms with van der Waals surface area (Å²) in [4.78, 5) is 16.3. The van der Waals surface area contributed by atoms with Crippen molar-refractivity contribution in [3.63, 3.8) is 0 Å². The van der Waals surface area contributed by atoms with Crippen molar-refractivity contribution in [2.24, 2.45) is 0 Å². The van der Waals surface area contributed by atoms with Gasteiger partial charge in [0.15, 0.2) is 0 Å². The largest absolute Gasteiger partial charge is 0.457 e. The van der Waals surface area contributed by atoms with Gasteiger partial charge in [-0.05, 0) is 55.8 Å². The molecule has 0 saturated heterocycles. The summed E-state index contributed by atoms with van der Waals surface area (Å²) in [5.41, 5.74) is 2.69. The van der Waals surface area contributed by atoms with Gasteiger partial charge in [-0.3, -0.25) is 4.79 Å². The van der Waals surface area contributed by atoms with Crippen LogP contribution in [0.2, 0.25) is 0 Å². The molecule has 0 aliphatic rings. The molecule has 0 aliphatic carbocycles. The standard InChI is InChI=1S/C19H18N2O2S/c1-13-4-3-5-18(10-13)23-17-8-6-15(7-9-17)21-19(22)11-16-12-24-14(2)20-16/h3-10,12H,11H2,1-2H3,(H,21,22). The molecule has 122 valence electrons. The van der Waals surface area contributed by atoms with Crippen LogP contribution < -0.4 is 10.1 Å². The van der Waals surface area contributed by atoms with Crippen LogP contribution in [0, 0.1) is 13.8 Å². The summed E-state index contributed by atoms with van der Waals surface area (Å²) in [5, 5.41) is 5.75. The first kappa shape index (κ1) is 16.2. The molecule has 4 nitrogen and oxygen atoms in total. The topological polar surface area (TPSA) is 51.2 Å². The monoisotopic (exact) mass is 338 g/mol. The van der Waals surface area contributed by atoms with Crippen LogP contribution in [-0.2, 0) is 11.2 Å². The normalized spacial score (nSPS) is 10.4. The van der Waals surface area contributed by atoms with Gasteiger partial charge in [0.2, 0.25) is 5.91 Å². The number of amides is 1. The molecule has 0 fully saturated rings. The molecule has 0 bridgehead atoms. The molecular weight excluding hydrogens is 320 g/mol. The van der Waals surface area contributed by atoms with Gasteiger partial charge in [-0.25, -0.2) is 4.98 Å². The molecule has 0 radical (unpaired) electrons. The van der Waals surface area contributed by atoms with Gasteiger partial charge in [0.25, 0.3) is 0 Å². The van der Waals surface area contributed by atoms with E-state index in [1.807, 2.05) is 67.8 Å². The molecular formula is C19H18N2O2S. The van der Waals surface area contributed by atoms with E-state index in [2.05, 4.69) is 10.3 Å². The molecule has 24 heavy (non-hydrogen) atoms. The minimum absolute atomic E-state index is 0.0762. The number of aromatic nitrogens is 1. The van der Waals surface area contributed by atoms with E-state index in [9.17, 15) is 4.79 Å². The predicted molar refractivity (Wildman–Crippen MR) is 96.9 cm³/mol. The summed E-state index contributed by atoms with van der Waals surface area (Å²) < 4.78 is 5.80. The summed E-state index contributed by atoms with van der Waals surface area (Å²) in [6, 6.07) is 15.2. The highest BCUT2D eigenvalue weighted by Crippen LogP contribution is 2.23. The minimum Gasteiger partial charge on any atom is -0.457 e. The van der Waals surface area contributed by atoms with E-state index in [-0.39, 0.29) is 12.3 Å². The second-order valence-electron chi connectivity index (χ2n) is 5.53. The average molecular weight is 338 g/mol. The first-order valence-electron chi connectivity index (χ1n) is 7.64. The maximum Gasteiger partial charge on any atom is 0.230 e. The van der Waals surface area contributed by atoms with Gasteiger partial charge < -0.3 is 10.1 Å². The number of nitrogens with zero attached hydrogens (tertiary/aromatic N) is 1. The predicted octanol–water partition coefficient (Wildman–Crippen LogP) is 4.73. The van der Waals surface area contributed by atoms with Crippen LogP contribution >= 0.6 is 11.3 Å². The number of hydrogen-bond acceptors (Lipinski definition) is 4. The number of thiazole rings is 1. The fraction of sp³-hybridized carbons (Fsp3) is 0.158. The van der Waals surface area contributed by atoms with Crippen LogP contribution in [0.3, 0.4) is 0 Å². The lowest BCUT2D eigenvalue weighted by Crippen LogP contribution is -2.14. The third-order valence-electron chi connectivity index (χ3n) is 3.37. The molecule has 0 saturated carbocycles. The molecule has 1 heterocycles. The second kappa shape index (κ2) is 7.27. The van der Waals surface area contributed by atoms with Crippen molar-refractivity contribution in [2.45, 2.75) is 20.3 Å². The van der Waals surface area contributed by atoms with Crippen LogP contribution in [0.25, 0.3) is 0 Å². The smallest absolute Gasteiger partial charge is 0.230 e. The van der Waals surface area contributed by atoms with Crippen molar-refractivity contribution in [1.82, 2.24) is 4.98 Å². The zero-order valence-electron chi connectivity index (χ0n) is 13.6. The van der Waals surface area contributed by atoms with E-state index in [1.54, 1.807) is 11.3 Å². The summed E-state index contributed by atoms with van der Waals surface area (Å²) in [6.45, 7) is 3.95. The molecule has 0 unspecified atom stereocenters. The SMILES string of the molecule is Cc1cccc(Oc2ccc(NC(=O)Cc3csc(C)n3)cc2)c1. The maximum atomic E-state index is 12.0. The Kier molecular flexibility index (Phi) is 4.91.